The molecule has 3 amide bonds. The lowest BCUT2D eigenvalue weighted by Gasteiger charge is -2.41. The summed E-state index contributed by atoms with van der Waals surface area (Å²) in [4.78, 5) is 43.4. The lowest BCUT2D eigenvalue weighted by molar-refractivity contribution is -0.140. The quantitative estimate of drug-likeness (QED) is 0.370. The Labute approximate surface area is 222 Å². The SMILES string of the molecule is CCCCCCCCC(=O)NC(C(=O)N1CCN(C(=O)c2cccc3ccccc23)C(C)C1)C(C)CC. The summed E-state index contributed by atoms with van der Waals surface area (Å²) in [5.74, 6) is -0.0181. The van der Waals surface area contributed by atoms with Gasteiger partial charge >= 0.3 is 0 Å². The van der Waals surface area contributed by atoms with Gasteiger partial charge in [-0.25, -0.2) is 0 Å². The molecular formula is C31H45N3O3. The van der Waals surface area contributed by atoms with Crippen molar-refractivity contribution in [2.75, 3.05) is 19.6 Å². The number of carbonyl (C=O) groups excluding carboxylic acids is 3. The molecule has 3 atom stereocenters. The van der Waals surface area contributed by atoms with Crippen LogP contribution in [0.1, 0.15) is 89.4 Å². The molecule has 3 unspecified atom stereocenters. The largest absolute Gasteiger partial charge is 0.344 e. The van der Waals surface area contributed by atoms with Crippen molar-refractivity contribution in [1.29, 1.82) is 0 Å². The number of unbranched alkanes of at least 4 members (excludes halogenated alkanes) is 5. The number of hydrogen-bond donors (Lipinski definition) is 1. The van der Waals surface area contributed by atoms with Crippen LogP contribution in [0.15, 0.2) is 42.5 Å². The average molecular weight is 508 g/mol. The Morgan fingerprint density at radius 1 is 0.946 bits per heavy atom. The summed E-state index contributed by atoms with van der Waals surface area (Å²) in [6.07, 6.45) is 8.04. The molecule has 6 heteroatoms. The van der Waals surface area contributed by atoms with Gasteiger partial charge in [0.25, 0.3) is 5.91 Å². The van der Waals surface area contributed by atoms with Crippen molar-refractivity contribution in [1.82, 2.24) is 15.1 Å². The molecule has 3 rings (SSSR count). The standard InChI is InChI=1S/C31H45N3O3/c1-5-7-8-9-10-11-19-28(35)32-29(23(3)6-2)31(37)33-20-21-34(24(4)22-33)30(36)27-18-14-16-25-15-12-13-17-26(25)27/h12-18,23-24,29H,5-11,19-22H2,1-4H3,(H,32,35). The van der Waals surface area contributed by atoms with Crippen LogP contribution >= 0.6 is 0 Å². The van der Waals surface area contributed by atoms with Crippen LogP contribution in [0.25, 0.3) is 10.8 Å². The summed E-state index contributed by atoms with van der Waals surface area (Å²) in [5, 5.41) is 5.04. The summed E-state index contributed by atoms with van der Waals surface area (Å²) in [5.41, 5.74) is 0.698. The third-order valence-electron chi connectivity index (χ3n) is 7.77. The molecule has 1 N–H and O–H groups in total. The first-order chi connectivity index (χ1) is 17.9. The van der Waals surface area contributed by atoms with E-state index in [4.69, 9.17) is 0 Å². The average Bonchev–Trinajstić information content (AvgIpc) is 2.92. The molecule has 0 spiro atoms. The van der Waals surface area contributed by atoms with E-state index in [0.717, 1.165) is 36.5 Å². The van der Waals surface area contributed by atoms with Crippen LogP contribution in [0, 0.1) is 5.92 Å². The Balaban J connectivity index is 1.59. The molecule has 6 nitrogen and oxygen atoms in total. The number of hydrogen-bond acceptors (Lipinski definition) is 3. The molecule has 1 heterocycles. The maximum absolute atomic E-state index is 13.6. The number of piperazine rings is 1. The lowest BCUT2D eigenvalue weighted by atomic mass is 9.96. The smallest absolute Gasteiger partial charge is 0.254 e. The van der Waals surface area contributed by atoms with Gasteiger partial charge in [-0.2, -0.15) is 0 Å². The zero-order valence-corrected chi connectivity index (χ0v) is 23.2. The topological polar surface area (TPSA) is 69.7 Å². The molecule has 0 bridgehead atoms. The Kier molecular flexibility index (Phi) is 11.0. The molecule has 0 radical (unpaired) electrons. The first-order valence-electron chi connectivity index (χ1n) is 14.2. The molecule has 0 saturated carbocycles. The van der Waals surface area contributed by atoms with Crippen LogP contribution in [0.4, 0.5) is 0 Å². The lowest BCUT2D eigenvalue weighted by Crippen LogP contribution is -2.60. The third kappa shape index (κ3) is 7.56. The highest BCUT2D eigenvalue weighted by molar-refractivity contribution is 6.07. The van der Waals surface area contributed by atoms with Gasteiger partial charge in [0.05, 0.1) is 0 Å². The summed E-state index contributed by atoms with van der Waals surface area (Å²) in [6, 6.07) is 13.1. The van der Waals surface area contributed by atoms with Crippen LogP contribution in [0.3, 0.4) is 0 Å². The second-order valence-corrected chi connectivity index (χ2v) is 10.6. The van der Waals surface area contributed by atoms with E-state index in [0.29, 0.717) is 31.6 Å². The van der Waals surface area contributed by atoms with E-state index in [1.54, 1.807) is 0 Å². The highest BCUT2D eigenvalue weighted by atomic mass is 16.2. The molecule has 2 aromatic rings. The molecule has 1 aliphatic heterocycles. The summed E-state index contributed by atoms with van der Waals surface area (Å²) < 4.78 is 0. The van der Waals surface area contributed by atoms with Crippen LogP contribution in [-0.2, 0) is 9.59 Å². The van der Waals surface area contributed by atoms with E-state index in [2.05, 4.69) is 12.2 Å². The van der Waals surface area contributed by atoms with Crippen LogP contribution in [-0.4, -0.2) is 59.2 Å². The molecule has 0 aromatic heterocycles. The molecule has 2 aromatic carbocycles. The fourth-order valence-electron chi connectivity index (χ4n) is 5.22. The minimum atomic E-state index is -0.523. The van der Waals surface area contributed by atoms with Crippen molar-refractivity contribution in [3.05, 3.63) is 48.0 Å². The maximum atomic E-state index is 13.6. The number of carbonyl (C=O) groups is 3. The first kappa shape index (κ1) is 28.7. The van der Waals surface area contributed by atoms with Gasteiger partial charge in [0.15, 0.2) is 0 Å². The second kappa shape index (κ2) is 14.2. The van der Waals surface area contributed by atoms with Gasteiger partial charge in [-0.15, -0.1) is 0 Å². The Hall–Kier alpha value is -2.89. The van der Waals surface area contributed by atoms with Crippen molar-refractivity contribution in [2.24, 2.45) is 5.92 Å². The Morgan fingerprint density at radius 2 is 1.65 bits per heavy atom. The zero-order valence-electron chi connectivity index (χ0n) is 23.2. The van der Waals surface area contributed by atoms with Gasteiger partial charge in [-0.05, 0) is 36.1 Å². The summed E-state index contributed by atoms with van der Waals surface area (Å²) in [7, 11) is 0. The van der Waals surface area contributed by atoms with E-state index in [1.165, 1.54) is 19.3 Å². The van der Waals surface area contributed by atoms with Crippen molar-refractivity contribution >= 4 is 28.5 Å². The third-order valence-corrected chi connectivity index (χ3v) is 7.77. The van der Waals surface area contributed by atoms with E-state index >= 15 is 0 Å². The highest BCUT2D eigenvalue weighted by Crippen LogP contribution is 2.23. The number of benzene rings is 2. The first-order valence-corrected chi connectivity index (χ1v) is 14.2. The van der Waals surface area contributed by atoms with E-state index in [9.17, 15) is 14.4 Å². The number of fused-ring (bicyclic) bond motifs is 1. The minimum Gasteiger partial charge on any atom is -0.344 e. The highest BCUT2D eigenvalue weighted by Gasteiger charge is 2.35. The summed E-state index contributed by atoms with van der Waals surface area (Å²) >= 11 is 0. The van der Waals surface area contributed by atoms with Crippen molar-refractivity contribution in [3.63, 3.8) is 0 Å². The predicted molar refractivity (Wildman–Crippen MR) is 150 cm³/mol. The van der Waals surface area contributed by atoms with E-state index in [-0.39, 0.29) is 29.7 Å². The predicted octanol–water partition coefficient (Wildman–Crippen LogP) is 5.79. The number of amides is 3. The van der Waals surface area contributed by atoms with Crippen molar-refractivity contribution in [3.8, 4) is 0 Å². The van der Waals surface area contributed by atoms with E-state index in [1.807, 2.05) is 73.0 Å². The normalized spacial score (nSPS) is 17.5. The molecule has 1 aliphatic rings. The van der Waals surface area contributed by atoms with Crippen molar-refractivity contribution < 1.29 is 14.4 Å². The maximum Gasteiger partial charge on any atom is 0.254 e. The fraction of sp³-hybridized carbons (Fsp3) is 0.581. The van der Waals surface area contributed by atoms with Gasteiger partial charge in [0.1, 0.15) is 6.04 Å². The molecule has 202 valence electrons. The number of nitrogens with one attached hydrogen (secondary N) is 1. The molecule has 1 saturated heterocycles. The van der Waals surface area contributed by atoms with Gasteiger partial charge in [0, 0.05) is 37.7 Å². The Bertz CT molecular complexity index is 1050. The molecular weight excluding hydrogens is 462 g/mol. The van der Waals surface area contributed by atoms with Gasteiger partial charge < -0.3 is 15.1 Å². The molecule has 37 heavy (non-hydrogen) atoms. The second-order valence-electron chi connectivity index (χ2n) is 10.6. The monoisotopic (exact) mass is 507 g/mol. The van der Waals surface area contributed by atoms with Crippen molar-refractivity contribution in [2.45, 2.75) is 91.1 Å². The zero-order chi connectivity index (χ0) is 26.8. The minimum absolute atomic E-state index is 0.00196. The van der Waals surface area contributed by atoms with E-state index < -0.39 is 6.04 Å². The van der Waals surface area contributed by atoms with Crippen LogP contribution in [0.2, 0.25) is 0 Å². The van der Waals surface area contributed by atoms with Crippen LogP contribution in [0.5, 0.6) is 0 Å². The van der Waals surface area contributed by atoms with Gasteiger partial charge in [0.2, 0.25) is 11.8 Å². The Morgan fingerprint density at radius 3 is 2.38 bits per heavy atom. The molecule has 0 aliphatic carbocycles. The summed E-state index contributed by atoms with van der Waals surface area (Å²) in [6.45, 7) is 9.69. The number of rotatable bonds is 12. The van der Waals surface area contributed by atoms with Crippen LogP contribution < -0.4 is 5.32 Å². The molecule has 1 fully saturated rings. The van der Waals surface area contributed by atoms with Gasteiger partial charge in [-0.3, -0.25) is 14.4 Å². The fourth-order valence-corrected chi connectivity index (χ4v) is 5.22. The van der Waals surface area contributed by atoms with Gasteiger partial charge in [-0.1, -0.05) is 95.7 Å². The number of nitrogens with zero attached hydrogens (tertiary/aromatic N) is 2.